The molecule has 0 saturated carbocycles. The van der Waals surface area contributed by atoms with E-state index in [0.29, 0.717) is 12.8 Å². The number of nitrogens with zero attached hydrogens (tertiary/aromatic N) is 2. The monoisotopic (exact) mass is 291 g/mol. The van der Waals surface area contributed by atoms with Crippen LogP contribution in [0.15, 0.2) is 0 Å². The summed E-state index contributed by atoms with van der Waals surface area (Å²) in [5, 5.41) is 4.35. The molecule has 6 heteroatoms. The van der Waals surface area contributed by atoms with E-state index in [-0.39, 0.29) is 12.6 Å². The molecule has 0 saturated heterocycles. The molecule has 1 atom stereocenters. The van der Waals surface area contributed by atoms with Gasteiger partial charge in [0, 0.05) is 18.3 Å². The molecule has 0 radical (unpaired) electrons. The quantitative estimate of drug-likeness (QED) is 0.838. The van der Waals surface area contributed by atoms with Crippen molar-refractivity contribution >= 4 is 0 Å². The van der Waals surface area contributed by atoms with Crippen molar-refractivity contribution in [3.8, 4) is 0 Å². The summed E-state index contributed by atoms with van der Waals surface area (Å²) in [6.45, 7) is 5.81. The molecular formula is C14H24F3N3. The van der Waals surface area contributed by atoms with E-state index in [1.54, 1.807) is 0 Å². The topological polar surface area (TPSA) is 43.8 Å². The molecule has 1 aromatic heterocycles. The minimum absolute atomic E-state index is 0.0332. The van der Waals surface area contributed by atoms with Crippen LogP contribution in [0.2, 0.25) is 0 Å². The molecule has 0 bridgehead atoms. The van der Waals surface area contributed by atoms with Crippen LogP contribution in [0.25, 0.3) is 0 Å². The highest BCUT2D eigenvalue weighted by Crippen LogP contribution is 2.23. The number of rotatable bonds is 7. The largest absolute Gasteiger partial charge is 0.390 e. The second-order valence-electron chi connectivity index (χ2n) is 5.04. The molecule has 0 aromatic carbocycles. The Bertz CT molecular complexity index is 424. The Kier molecular flexibility index (Phi) is 6.05. The summed E-state index contributed by atoms with van der Waals surface area (Å²) in [5.74, 6) is 0. The molecule has 2 N–H and O–H groups in total. The van der Waals surface area contributed by atoms with E-state index in [1.807, 2.05) is 20.8 Å². The second-order valence-corrected chi connectivity index (χ2v) is 5.04. The Morgan fingerprint density at radius 2 is 1.85 bits per heavy atom. The van der Waals surface area contributed by atoms with Gasteiger partial charge in [0.25, 0.3) is 0 Å². The number of alkyl halides is 3. The van der Waals surface area contributed by atoms with Crippen molar-refractivity contribution in [2.45, 2.75) is 71.6 Å². The zero-order chi connectivity index (χ0) is 15.3. The van der Waals surface area contributed by atoms with Gasteiger partial charge >= 0.3 is 6.18 Å². The number of aromatic nitrogens is 2. The molecule has 20 heavy (non-hydrogen) atoms. The molecule has 116 valence electrons. The van der Waals surface area contributed by atoms with Crippen LogP contribution in [-0.4, -0.2) is 22.0 Å². The van der Waals surface area contributed by atoms with Gasteiger partial charge in [-0.15, -0.1) is 0 Å². The molecule has 0 fully saturated rings. The molecule has 0 aliphatic heterocycles. The Labute approximate surface area is 118 Å². The maximum absolute atomic E-state index is 12.4. The first-order valence-corrected chi connectivity index (χ1v) is 7.22. The van der Waals surface area contributed by atoms with Crippen molar-refractivity contribution in [1.29, 1.82) is 0 Å². The zero-order valence-electron chi connectivity index (χ0n) is 12.4. The van der Waals surface area contributed by atoms with Gasteiger partial charge in [-0.25, -0.2) is 0 Å². The lowest BCUT2D eigenvalue weighted by Gasteiger charge is -2.12. The van der Waals surface area contributed by atoms with Crippen LogP contribution >= 0.6 is 0 Å². The fraction of sp³-hybridized carbons (Fsp3) is 0.786. The third-order valence-electron chi connectivity index (χ3n) is 3.52. The molecule has 1 aromatic rings. The summed E-state index contributed by atoms with van der Waals surface area (Å²) < 4.78 is 38.6. The Balaban J connectivity index is 3.01. The van der Waals surface area contributed by atoms with E-state index in [1.165, 1.54) is 4.68 Å². The lowest BCUT2D eigenvalue weighted by Crippen LogP contribution is -2.22. The van der Waals surface area contributed by atoms with Crippen molar-refractivity contribution in [3.05, 3.63) is 17.0 Å². The molecule has 0 aliphatic rings. The number of hydrogen-bond donors (Lipinski definition) is 1. The van der Waals surface area contributed by atoms with E-state index in [2.05, 4.69) is 5.10 Å². The van der Waals surface area contributed by atoms with E-state index in [4.69, 9.17) is 5.73 Å². The van der Waals surface area contributed by atoms with E-state index < -0.39 is 12.6 Å². The molecule has 0 aliphatic carbocycles. The van der Waals surface area contributed by atoms with E-state index >= 15 is 0 Å². The van der Waals surface area contributed by atoms with E-state index in [0.717, 1.165) is 29.8 Å². The third kappa shape index (κ3) is 4.51. The summed E-state index contributed by atoms with van der Waals surface area (Å²) in [5.41, 5.74) is 8.82. The molecule has 1 rings (SSSR count). The van der Waals surface area contributed by atoms with Gasteiger partial charge in [0.1, 0.15) is 0 Å². The van der Waals surface area contributed by atoms with Crippen molar-refractivity contribution in [2.75, 3.05) is 0 Å². The fourth-order valence-electron chi connectivity index (χ4n) is 2.33. The van der Waals surface area contributed by atoms with Gasteiger partial charge in [0.05, 0.1) is 12.1 Å². The van der Waals surface area contributed by atoms with Gasteiger partial charge in [-0.05, 0) is 31.2 Å². The molecule has 1 unspecified atom stereocenters. The average Bonchev–Trinajstić information content (AvgIpc) is 2.72. The van der Waals surface area contributed by atoms with Gasteiger partial charge in [-0.2, -0.15) is 18.3 Å². The number of hydrogen-bond acceptors (Lipinski definition) is 2. The first-order chi connectivity index (χ1) is 9.32. The second kappa shape index (κ2) is 7.11. The first-order valence-electron chi connectivity index (χ1n) is 7.22. The fourth-order valence-corrected chi connectivity index (χ4v) is 2.33. The summed E-state index contributed by atoms with van der Waals surface area (Å²) in [4.78, 5) is 0. The van der Waals surface area contributed by atoms with Gasteiger partial charge in [-0.1, -0.05) is 20.8 Å². The van der Waals surface area contributed by atoms with Crippen molar-refractivity contribution in [1.82, 2.24) is 9.78 Å². The predicted octanol–water partition coefficient (Wildman–Crippen LogP) is 3.24. The predicted molar refractivity (Wildman–Crippen MR) is 73.6 cm³/mol. The Morgan fingerprint density at radius 1 is 1.20 bits per heavy atom. The van der Waals surface area contributed by atoms with Crippen LogP contribution in [0.4, 0.5) is 13.2 Å². The van der Waals surface area contributed by atoms with Crippen LogP contribution in [0.1, 0.15) is 50.6 Å². The highest BCUT2D eigenvalue weighted by molar-refractivity contribution is 5.28. The normalized spacial score (nSPS) is 13.8. The minimum atomic E-state index is -4.15. The molecular weight excluding hydrogens is 267 g/mol. The minimum Gasteiger partial charge on any atom is -0.327 e. The highest BCUT2D eigenvalue weighted by atomic mass is 19.4. The van der Waals surface area contributed by atoms with Crippen LogP contribution in [0.5, 0.6) is 0 Å². The SMILES string of the molecule is CCc1nn(CCC(F)(F)F)c(CC)c1CC(N)CC. The van der Waals surface area contributed by atoms with Gasteiger partial charge < -0.3 is 5.73 Å². The van der Waals surface area contributed by atoms with Crippen LogP contribution < -0.4 is 5.73 Å². The molecule has 3 nitrogen and oxygen atoms in total. The van der Waals surface area contributed by atoms with E-state index in [9.17, 15) is 13.2 Å². The maximum Gasteiger partial charge on any atom is 0.390 e. The maximum atomic E-state index is 12.4. The van der Waals surface area contributed by atoms with Crippen molar-refractivity contribution < 1.29 is 13.2 Å². The Hall–Kier alpha value is -1.04. The number of aryl methyl sites for hydroxylation is 2. The van der Waals surface area contributed by atoms with Crippen LogP contribution in [0, 0.1) is 0 Å². The Morgan fingerprint density at radius 3 is 2.30 bits per heavy atom. The smallest absolute Gasteiger partial charge is 0.327 e. The third-order valence-corrected chi connectivity index (χ3v) is 3.52. The summed E-state index contributed by atoms with van der Waals surface area (Å²) >= 11 is 0. The lowest BCUT2D eigenvalue weighted by molar-refractivity contribution is -0.137. The number of halogens is 3. The summed E-state index contributed by atoms with van der Waals surface area (Å²) in [6, 6.07) is 0.0332. The van der Waals surface area contributed by atoms with Crippen molar-refractivity contribution in [2.24, 2.45) is 5.73 Å². The highest BCUT2D eigenvalue weighted by Gasteiger charge is 2.28. The molecule has 1 heterocycles. The summed E-state index contributed by atoms with van der Waals surface area (Å²) in [6.07, 6.45) is -2.06. The standard InChI is InChI=1S/C14H24F3N3/c1-4-10(18)9-11-12(5-2)19-20(13(11)6-3)8-7-14(15,16)17/h10H,4-9,18H2,1-3H3. The summed E-state index contributed by atoms with van der Waals surface area (Å²) in [7, 11) is 0. The zero-order valence-corrected chi connectivity index (χ0v) is 12.4. The average molecular weight is 291 g/mol. The van der Waals surface area contributed by atoms with Crippen LogP contribution in [0.3, 0.4) is 0 Å². The lowest BCUT2D eigenvalue weighted by atomic mass is 10.00. The van der Waals surface area contributed by atoms with Gasteiger partial charge in [-0.3, -0.25) is 4.68 Å². The molecule has 0 amide bonds. The van der Waals surface area contributed by atoms with Gasteiger partial charge in [0.15, 0.2) is 0 Å². The van der Waals surface area contributed by atoms with Crippen LogP contribution in [-0.2, 0) is 25.8 Å². The molecule has 0 spiro atoms. The van der Waals surface area contributed by atoms with Gasteiger partial charge in [0.2, 0.25) is 0 Å². The first kappa shape index (κ1) is 17.0. The van der Waals surface area contributed by atoms with Crippen molar-refractivity contribution in [3.63, 3.8) is 0 Å². The number of nitrogens with two attached hydrogens (primary N) is 1.